The predicted molar refractivity (Wildman–Crippen MR) is 104 cm³/mol. The van der Waals surface area contributed by atoms with Crippen molar-refractivity contribution in [3.8, 4) is 0 Å². The second-order valence-corrected chi connectivity index (χ2v) is 6.74. The lowest BCUT2D eigenvalue weighted by atomic mass is 10.0. The minimum atomic E-state index is -1.03. The van der Waals surface area contributed by atoms with Gasteiger partial charge in [-0.15, -0.1) is 0 Å². The monoisotopic (exact) mass is 386 g/mol. The first-order valence-corrected chi connectivity index (χ1v) is 9.18. The van der Waals surface area contributed by atoms with Gasteiger partial charge in [-0.05, 0) is 24.3 Å². The van der Waals surface area contributed by atoms with E-state index in [0.29, 0.717) is 13.1 Å². The fourth-order valence-electron chi connectivity index (χ4n) is 3.23. The zero-order valence-corrected chi connectivity index (χ0v) is 15.4. The summed E-state index contributed by atoms with van der Waals surface area (Å²) < 4.78 is 13.6. The molecule has 0 saturated carbocycles. The number of hydrogen-bond donors (Lipinski definition) is 2. The molecule has 1 aromatic heterocycles. The highest BCUT2D eigenvalue weighted by Gasteiger charge is 2.27. The van der Waals surface area contributed by atoms with Gasteiger partial charge in [0.1, 0.15) is 11.6 Å². The second kappa shape index (κ2) is 9.27. The minimum absolute atomic E-state index is 0.0561. The van der Waals surface area contributed by atoms with Crippen LogP contribution >= 0.6 is 0 Å². The summed E-state index contributed by atoms with van der Waals surface area (Å²) in [5, 5.41) is 12.0. The lowest BCUT2D eigenvalue weighted by Crippen LogP contribution is -2.49. The van der Waals surface area contributed by atoms with Crippen LogP contribution in [0.5, 0.6) is 0 Å². The molecular formula is C20H23FN4O3. The van der Waals surface area contributed by atoms with Gasteiger partial charge in [0.05, 0.1) is 11.6 Å². The van der Waals surface area contributed by atoms with Crippen LogP contribution in [0.25, 0.3) is 0 Å². The minimum Gasteiger partial charge on any atom is -0.481 e. The van der Waals surface area contributed by atoms with Crippen molar-refractivity contribution in [2.75, 3.05) is 42.9 Å². The number of aliphatic carboxylic acids is 1. The van der Waals surface area contributed by atoms with E-state index in [2.05, 4.69) is 15.2 Å². The molecule has 8 heteroatoms. The Kier molecular flexibility index (Phi) is 6.54. The Bertz CT molecular complexity index is 810. The summed E-state index contributed by atoms with van der Waals surface area (Å²) in [4.78, 5) is 32.3. The molecule has 0 aliphatic carbocycles. The number of benzene rings is 1. The molecular weight excluding hydrogens is 363 g/mol. The lowest BCUT2D eigenvalue weighted by molar-refractivity contribution is -0.144. The summed E-state index contributed by atoms with van der Waals surface area (Å²) in [5.41, 5.74) is 0.0561. The molecule has 7 nitrogen and oxygen atoms in total. The van der Waals surface area contributed by atoms with Crippen molar-refractivity contribution in [3.05, 3.63) is 54.5 Å². The molecule has 1 saturated heterocycles. The highest BCUT2D eigenvalue weighted by Crippen LogP contribution is 2.17. The van der Waals surface area contributed by atoms with Crippen LogP contribution in [0.4, 0.5) is 15.9 Å². The molecule has 1 amide bonds. The van der Waals surface area contributed by atoms with E-state index in [4.69, 9.17) is 0 Å². The first kappa shape index (κ1) is 19.8. The molecule has 3 rings (SSSR count). The number of pyridine rings is 1. The van der Waals surface area contributed by atoms with Gasteiger partial charge in [-0.25, -0.2) is 9.37 Å². The molecule has 0 unspecified atom stereocenters. The van der Waals surface area contributed by atoms with E-state index < -0.39 is 23.6 Å². The molecule has 28 heavy (non-hydrogen) atoms. The zero-order chi connectivity index (χ0) is 19.9. The number of carbonyl (C=O) groups excluding carboxylic acids is 1. The highest BCUT2D eigenvalue weighted by molar-refractivity contribution is 5.93. The molecule has 2 N–H and O–H groups in total. The largest absolute Gasteiger partial charge is 0.481 e. The molecule has 2 heterocycles. The summed E-state index contributed by atoms with van der Waals surface area (Å²) in [6.07, 6.45) is 1.54. The third kappa shape index (κ3) is 5.26. The molecule has 1 atom stereocenters. The number of carboxylic acid groups (broad SMARTS) is 1. The maximum absolute atomic E-state index is 13.6. The number of carbonyl (C=O) groups is 2. The number of hydrogen-bond acceptors (Lipinski definition) is 5. The Balaban J connectivity index is 1.52. The lowest BCUT2D eigenvalue weighted by Gasteiger charge is -2.36. The number of carboxylic acids is 1. The standard InChI is InChI=1S/C20H23FN4O3/c21-16-5-1-2-6-17(16)23-19(26)13-15(20(27)28)14-24-9-11-25(12-10-24)18-7-3-4-8-22-18/h1-8,15H,9-14H2,(H,23,26)(H,27,28)/t15-/m0/s1. The van der Waals surface area contributed by atoms with Crippen LogP contribution in [0.3, 0.4) is 0 Å². The Labute approximate surface area is 162 Å². The van der Waals surface area contributed by atoms with Crippen molar-refractivity contribution in [1.29, 1.82) is 0 Å². The van der Waals surface area contributed by atoms with Crippen molar-refractivity contribution in [2.24, 2.45) is 5.92 Å². The number of anilines is 2. The van der Waals surface area contributed by atoms with E-state index in [1.807, 2.05) is 23.1 Å². The Hall–Kier alpha value is -3.00. The molecule has 0 spiro atoms. The van der Waals surface area contributed by atoms with Crippen LogP contribution in [-0.2, 0) is 9.59 Å². The summed E-state index contributed by atoms with van der Waals surface area (Å²) >= 11 is 0. The SMILES string of the molecule is O=C(C[C@@H](CN1CCN(c2ccccn2)CC1)C(=O)O)Nc1ccccc1F. The van der Waals surface area contributed by atoms with Gasteiger partial charge < -0.3 is 15.3 Å². The molecule has 1 fully saturated rings. The molecule has 1 aliphatic heterocycles. The van der Waals surface area contributed by atoms with E-state index in [1.54, 1.807) is 12.3 Å². The molecule has 0 radical (unpaired) electrons. The van der Waals surface area contributed by atoms with Crippen molar-refractivity contribution in [1.82, 2.24) is 9.88 Å². The molecule has 148 valence electrons. The third-order valence-electron chi connectivity index (χ3n) is 4.75. The van der Waals surface area contributed by atoms with E-state index in [0.717, 1.165) is 18.9 Å². The van der Waals surface area contributed by atoms with Gasteiger partial charge in [0.25, 0.3) is 0 Å². The number of aromatic nitrogens is 1. The topological polar surface area (TPSA) is 85.8 Å². The Morgan fingerprint density at radius 3 is 2.46 bits per heavy atom. The van der Waals surface area contributed by atoms with Crippen molar-refractivity contribution in [3.63, 3.8) is 0 Å². The average molecular weight is 386 g/mol. The van der Waals surface area contributed by atoms with E-state index >= 15 is 0 Å². The van der Waals surface area contributed by atoms with Crippen LogP contribution in [0, 0.1) is 11.7 Å². The quantitative estimate of drug-likeness (QED) is 0.758. The van der Waals surface area contributed by atoms with Gasteiger partial charge in [0.2, 0.25) is 5.91 Å². The summed E-state index contributed by atoms with van der Waals surface area (Å²) in [6, 6.07) is 11.6. The molecule has 0 bridgehead atoms. The van der Waals surface area contributed by atoms with Crippen LogP contribution < -0.4 is 10.2 Å². The Morgan fingerprint density at radius 1 is 1.11 bits per heavy atom. The van der Waals surface area contributed by atoms with Gasteiger partial charge in [-0.3, -0.25) is 14.5 Å². The normalized spacial score (nSPS) is 15.8. The highest BCUT2D eigenvalue weighted by atomic mass is 19.1. The summed E-state index contributed by atoms with van der Waals surface area (Å²) in [6.45, 7) is 3.14. The van der Waals surface area contributed by atoms with E-state index in [1.165, 1.54) is 18.2 Å². The fraction of sp³-hybridized carbons (Fsp3) is 0.350. The van der Waals surface area contributed by atoms with Gasteiger partial charge in [0, 0.05) is 45.3 Å². The van der Waals surface area contributed by atoms with Gasteiger partial charge in [-0.2, -0.15) is 0 Å². The van der Waals surface area contributed by atoms with Gasteiger partial charge in [0.15, 0.2) is 0 Å². The van der Waals surface area contributed by atoms with Crippen LogP contribution in [0.1, 0.15) is 6.42 Å². The van der Waals surface area contributed by atoms with Crippen LogP contribution in [0.15, 0.2) is 48.7 Å². The number of nitrogens with zero attached hydrogens (tertiary/aromatic N) is 3. The first-order valence-electron chi connectivity index (χ1n) is 9.18. The average Bonchev–Trinajstić information content (AvgIpc) is 2.70. The number of amides is 1. The number of halogens is 1. The fourth-order valence-corrected chi connectivity index (χ4v) is 3.23. The van der Waals surface area contributed by atoms with Crippen molar-refractivity contribution in [2.45, 2.75) is 6.42 Å². The van der Waals surface area contributed by atoms with Crippen LogP contribution in [0.2, 0.25) is 0 Å². The van der Waals surface area contributed by atoms with Crippen molar-refractivity contribution >= 4 is 23.4 Å². The zero-order valence-electron chi connectivity index (χ0n) is 15.4. The molecule has 1 aromatic carbocycles. The first-order chi connectivity index (χ1) is 13.5. The third-order valence-corrected chi connectivity index (χ3v) is 4.75. The molecule has 2 aromatic rings. The summed E-state index contributed by atoms with van der Waals surface area (Å²) in [5.74, 6) is -2.04. The van der Waals surface area contributed by atoms with Crippen LogP contribution in [-0.4, -0.2) is 59.6 Å². The summed E-state index contributed by atoms with van der Waals surface area (Å²) in [7, 11) is 0. The van der Waals surface area contributed by atoms with Crippen molar-refractivity contribution < 1.29 is 19.1 Å². The van der Waals surface area contributed by atoms with Gasteiger partial charge in [-0.1, -0.05) is 18.2 Å². The number of rotatable bonds is 7. The number of para-hydroxylation sites is 1. The number of nitrogens with one attached hydrogen (secondary N) is 1. The van der Waals surface area contributed by atoms with E-state index in [-0.39, 0.29) is 18.7 Å². The van der Waals surface area contributed by atoms with E-state index in [9.17, 15) is 19.1 Å². The Morgan fingerprint density at radius 2 is 1.82 bits per heavy atom. The predicted octanol–water partition coefficient (Wildman–Crippen LogP) is 2.07. The number of piperazine rings is 1. The van der Waals surface area contributed by atoms with Gasteiger partial charge >= 0.3 is 5.97 Å². The molecule has 1 aliphatic rings. The smallest absolute Gasteiger partial charge is 0.308 e. The second-order valence-electron chi connectivity index (χ2n) is 6.74. The maximum atomic E-state index is 13.6. The maximum Gasteiger partial charge on any atom is 0.308 e.